The standard InChI is InChI=1S/C23H27N5O5/c1-22(32)13-33-23(12-18(22)28-8-5-19(29)25-21(28)31)6-9-27(10-7-23)20(30)15-3-4-17-16(11-15)24-14-26(17)2/h3-5,8,11,14,18,32H,6-7,9-10,12-13H2,1-2H3,(H,25,29,31)/t18-,22-/m0/s1. The van der Waals surface area contributed by atoms with E-state index in [0.29, 0.717) is 37.9 Å². The second kappa shape index (κ2) is 7.67. The lowest BCUT2D eigenvalue weighted by atomic mass is 9.77. The molecule has 0 bridgehead atoms. The minimum Gasteiger partial charge on any atom is -0.386 e. The van der Waals surface area contributed by atoms with Gasteiger partial charge >= 0.3 is 5.69 Å². The van der Waals surface area contributed by atoms with Crippen LogP contribution in [0.4, 0.5) is 0 Å². The number of nitrogens with one attached hydrogen (secondary N) is 1. The first-order chi connectivity index (χ1) is 15.7. The second-order valence-corrected chi connectivity index (χ2v) is 9.42. The van der Waals surface area contributed by atoms with Crippen molar-refractivity contribution in [2.45, 2.75) is 43.4 Å². The number of aliphatic hydroxyl groups is 1. The normalized spacial score (nSPS) is 24.9. The number of benzene rings is 1. The van der Waals surface area contributed by atoms with Crippen LogP contribution < -0.4 is 11.2 Å². The molecule has 4 heterocycles. The number of hydrogen-bond acceptors (Lipinski definition) is 6. The number of piperidine rings is 1. The number of carbonyl (C=O) groups excluding carboxylic acids is 1. The van der Waals surface area contributed by atoms with Gasteiger partial charge in [0.25, 0.3) is 11.5 Å². The highest BCUT2D eigenvalue weighted by atomic mass is 16.5. The molecule has 1 aromatic carbocycles. The molecule has 0 radical (unpaired) electrons. The average Bonchev–Trinajstić information content (AvgIpc) is 3.16. The third-order valence-corrected chi connectivity index (χ3v) is 7.08. The summed E-state index contributed by atoms with van der Waals surface area (Å²) in [5.41, 5.74) is -0.500. The highest BCUT2D eigenvalue weighted by molar-refractivity contribution is 5.97. The zero-order valence-corrected chi connectivity index (χ0v) is 18.7. The first kappa shape index (κ1) is 21.6. The average molecular weight is 453 g/mol. The molecular formula is C23H27N5O5. The number of ether oxygens (including phenoxy) is 1. The number of nitrogens with zero attached hydrogens (tertiary/aromatic N) is 4. The molecule has 1 amide bonds. The molecule has 2 aliphatic rings. The van der Waals surface area contributed by atoms with Crippen LogP contribution in [0.25, 0.3) is 11.0 Å². The summed E-state index contributed by atoms with van der Waals surface area (Å²) in [6.45, 7) is 2.71. The van der Waals surface area contributed by atoms with Crippen LogP contribution >= 0.6 is 0 Å². The third-order valence-electron chi connectivity index (χ3n) is 7.08. The van der Waals surface area contributed by atoms with Gasteiger partial charge in [-0.25, -0.2) is 9.78 Å². The summed E-state index contributed by atoms with van der Waals surface area (Å²) in [6, 6.07) is 6.27. The topological polar surface area (TPSA) is 122 Å². The van der Waals surface area contributed by atoms with E-state index < -0.39 is 28.5 Å². The molecule has 10 heteroatoms. The van der Waals surface area contributed by atoms with Crippen molar-refractivity contribution in [2.24, 2.45) is 7.05 Å². The summed E-state index contributed by atoms with van der Waals surface area (Å²) in [7, 11) is 1.91. The Bertz CT molecular complexity index is 1330. The van der Waals surface area contributed by atoms with Crippen LogP contribution in [0.2, 0.25) is 0 Å². The van der Waals surface area contributed by atoms with E-state index in [1.807, 2.05) is 34.7 Å². The van der Waals surface area contributed by atoms with Gasteiger partial charge < -0.3 is 19.3 Å². The number of aryl methyl sites for hydroxylation is 1. The Hall–Kier alpha value is -3.24. The Morgan fingerprint density at radius 1 is 1.24 bits per heavy atom. The van der Waals surface area contributed by atoms with Gasteiger partial charge in [-0.2, -0.15) is 0 Å². The molecule has 2 aromatic heterocycles. The van der Waals surface area contributed by atoms with Crippen LogP contribution in [0.3, 0.4) is 0 Å². The first-order valence-electron chi connectivity index (χ1n) is 11.1. The SMILES string of the molecule is Cn1cnc2cc(C(=O)N3CCC4(CC3)C[C@H](n3ccc(=O)[nH]c3=O)[C@@](C)(O)CO4)ccc21. The third kappa shape index (κ3) is 3.79. The van der Waals surface area contributed by atoms with Gasteiger partial charge in [0.2, 0.25) is 0 Å². The fraction of sp³-hybridized carbons (Fsp3) is 0.478. The maximum absolute atomic E-state index is 13.1. The van der Waals surface area contributed by atoms with E-state index in [1.165, 1.54) is 16.8 Å². The summed E-state index contributed by atoms with van der Waals surface area (Å²) in [4.78, 5) is 45.4. The molecule has 0 saturated carbocycles. The molecule has 2 fully saturated rings. The molecule has 33 heavy (non-hydrogen) atoms. The maximum atomic E-state index is 13.1. The van der Waals surface area contributed by atoms with Gasteiger partial charge in [0, 0.05) is 44.4 Å². The zero-order valence-electron chi connectivity index (χ0n) is 18.7. The highest BCUT2D eigenvalue weighted by Crippen LogP contribution is 2.43. The van der Waals surface area contributed by atoms with Crippen molar-refractivity contribution in [2.75, 3.05) is 19.7 Å². The van der Waals surface area contributed by atoms with Crippen LogP contribution in [0.5, 0.6) is 0 Å². The molecule has 1 spiro atoms. The van der Waals surface area contributed by atoms with Crippen LogP contribution in [-0.4, -0.2) is 65.9 Å². The summed E-state index contributed by atoms with van der Waals surface area (Å²) < 4.78 is 9.43. The Kier molecular flexibility index (Phi) is 5.02. The molecule has 10 nitrogen and oxygen atoms in total. The van der Waals surface area contributed by atoms with Crippen molar-refractivity contribution in [3.63, 3.8) is 0 Å². The molecule has 2 atom stereocenters. The van der Waals surface area contributed by atoms with Crippen molar-refractivity contribution in [3.8, 4) is 0 Å². The largest absolute Gasteiger partial charge is 0.386 e. The van der Waals surface area contributed by atoms with Crippen molar-refractivity contribution in [1.29, 1.82) is 0 Å². The quantitative estimate of drug-likeness (QED) is 0.592. The Morgan fingerprint density at radius 2 is 2.00 bits per heavy atom. The lowest BCUT2D eigenvalue weighted by Gasteiger charge is -2.51. The lowest BCUT2D eigenvalue weighted by Crippen LogP contribution is -2.58. The number of fused-ring (bicyclic) bond motifs is 1. The minimum atomic E-state index is -1.27. The summed E-state index contributed by atoms with van der Waals surface area (Å²) in [5, 5.41) is 10.9. The Balaban J connectivity index is 1.33. The number of rotatable bonds is 2. The fourth-order valence-electron chi connectivity index (χ4n) is 5.01. The number of hydrogen-bond donors (Lipinski definition) is 2. The number of aromatic nitrogens is 4. The monoisotopic (exact) mass is 453 g/mol. The number of carbonyl (C=O) groups is 1. The lowest BCUT2D eigenvalue weighted by molar-refractivity contribution is -0.199. The molecule has 3 aromatic rings. The highest BCUT2D eigenvalue weighted by Gasteiger charge is 2.49. The number of amides is 1. The smallest absolute Gasteiger partial charge is 0.328 e. The van der Waals surface area contributed by atoms with Crippen LogP contribution in [0.1, 0.15) is 42.6 Å². The first-order valence-corrected chi connectivity index (χ1v) is 11.1. The molecular weight excluding hydrogens is 426 g/mol. The van der Waals surface area contributed by atoms with Crippen molar-refractivity contribution >= 4 is 16.9 Å². The Morgan fingerprint density at radius 3 is 2.73 bits per heavy atom. The Labute approximate surface area is 189 Å². The van der Waals surface area contributed by atoms with Gasteiger partial charge in [0.15, 0.2) is 0 Å². The van der Waals surface area contributed by atoms with Gasteiger partial charge in [-0.05, 0) is 38.0 Å². The van der Waals surface area contributed by atoms with E-state index in [9.17, 15) is 19.5 Å². The number of H-pyrrole nitrogens is 1. The predicted molar refractivity (Wildman–Crippen MR) is 120 cm³/mol. The minimum absolute atomic E-state index is 0.0476. The molecule has 2 saturated heterocycles. The van der Waals surface area contributed by atoms with Crippen LogP contribution in [-0.2, 0) is 11.8 Å². The van der Waals surface area contributed by atoms with Crippen molar-refractivity contribution in [3.05, 3.63) is 63.2 Å². The molecule has 2 N–H and O–H groups in total. The van der Waals surface area contributed by atoms with Gasteiger partial charge in [-0.15, -0.1) is 0 Å². The van der Waals surface area contributed by atoms with E-state index in [-0.39, 0.29) is 12.5 Å². The van der Waals surface area contributed by atoms with E-state index in [0.717, 1.165) is 11.0 Å². The van der Waals surface area contributed by atoms with Gasteiger partial charge in [0.05, 0.1) is 35.6 Å². The number of likely N-dealkylation sites (tertiary alicyclic amines) is 1. The van der Waals surface area contributed by atoms with Gasteiger partial charge in [-0.1, -0.05) is 0 Å². The second-order valence-electron chi connectivity index (χ2n) is 9.42. The molecule has 2 aliphatic heterocycles. The van der Waals surface area contributed by atoms with E-state index in [2.05, 4.69) is 9.97 Å². The van der Waals surface area contributed by atoms with Crippen LogP contribution in [0, 0.1) is 0 Å². The number of aromatic amines is 1. The number of imidazole rings is 1. The van der Waals surface area contributed by atoms with E-state index >= 15 is 0 Å². The fourth-order valence-corrected chi connectivity index (χ4v) is 5.01. The van der Waals surface area contributed by atoms with Gasteiger partial charge in [0.1, 0.15) is 5.60 Å². The van der Waals surface area contributed by atoms with Crippen molar-refractivity contribution < 1.29 is 14.6 Å². The van der Waals surface area contributed by atoms with E-state index in [4.69, 9.17) is 4.74 Å². The van der Waals surface area contributed by atoms with Crippen LogP contribution in [0.15, 0.2) is 46.4 Å². The molecule has 0 unspecified atom stereocenters. The van der Waals surface area contributed by atoms with Crippen molar-refractivity contribution in [1.82, 2.24) is 24.0 Å². The zero-order chi connectivity index (χ0) is 23.4. The molecule has 5 rings (SSSR count). The predicted octanol–water partition coefficient (Wildman–Crippen LogP) is 0.811. The molecule has 0 aliphatic carbocycles. The maximum Gasteiger partial charge on any atom is 0.328 e. The van der Waals surface area contributed by atoms with E-state index in [1.54, 1.807) is 13.3 Å². The van der Waals surface area contributed by atoms with Gasteiger partial charge in [-0.3, -0.25) is 19.1 Å². The molecule has 174 valence electrons. The summed E-state index contributed by atoms with van der Waals surface area (Å²) in [6.07, 6.45) is 4.74. The summed E-state index contributed by atoms with van der Waals surface area (Å²) in [5.74, 6) is -0.0476. The summed E-state index contributed by atoms with van der Waals surface area (Å²) >= 11 is 0.